The molecule has 7 nitrogen and oxygen atoms in total. The maximum Gasteiger partial charge on any atom is 0.260 e. The number of hydrogen-bond donors (Lipinski definition) is 2. The Bertz CT molecular complexity index is 1180. The third kappa shape index (κ3) is 3.71. The van der Waals surface area contributed by atoms with Crippen molar-refractivity contribution in [1.29, 1.82) is 0 Å². The van der Waals surface area contributed by atoms with Gasteiger partial charge in [-0.3, -0.25) is 9.59 Å². The maximum absolute atomic E-state index is 12.7. The van der Waals surface area contributed by atoms with Crippen LogP contribution in [0.5, 0.6) is 5.75 Å². The largest absolute Gasteiger partial charge is 0.497 e. The topological polar surface area (TPSA) is 95.9 Å². The first-order valence-corrected chi connectivity index (χ1v) is 10.6. The molecule has 0 radical (unpaired) electrons. The molecule has 2 amide bonds. The number of nitrogens with zero attached hydrogens (tertiary/aromatic N) is 2. The van der Waals surface area contributed by atoms with Crippen LogP contribution in [0.25, 0.3) is 10.9 Å². The number of methoxy groups -OCH3 is 1. The number of nitrogens with one attached hydrogen (secondary N) is 2. The highest BCUT2D eigenvalue weighted by molar-refractivity contribution is 6.21. The number of carbonyl (C=O) groups excluding carboxylic acids is 2. The van der Waals surface area contributed by atoms with Gasteiger partial charge >= 0.3 is 0 Å². The number of hydrogen-bond acceptors (Lipinski definition) is 4. The normalized spacial score (nSPS) is 21.9. The van der Waals surface area contributed by atoms with E-state index in [4.69, 9.17) is 4.74 Å². The van der Waals surface area contributed by atoms with Gasteiger partial charge in [-0.05, 0) is 49.1 Å². The first-order valence-electron chi connectivity index (χ1n) is 10.6. The zero-order chi connectivity index (χ0) is 21.4. The van der Waals surface area contributed by atoms with Crippen molar-refractivity contribution in [2.24, 2.45) is 15.9 Å². The number of fused-ring (bicyclic) bond motifs is 4. The molecule has 1 aliphatic heterocycles. The molecule has 31 heavy (non-hydrogen) atoms. The van der Waals surface area contributed by atoms with E-state index in [-0.39, 0.29) is 30.2 Å². The van der Waals surface area contributed by atoms with E-state index in [0.717, 1.165) is 41.6 Å². The van der Waals surface area contributed by atoms with Crippen molar-refractivity contribution in [3.05, 3.63) is 53.8 Å². The van der Waals surface area contributed by atoms with Crippen molar-refractivity contribution in [2.75, 3.05) is 7.11 Å². The van der Waals surface area contributed by atoms with Gasteiger partial charge in [-0.25, -0.2) is 4.99 Å². The molecule has 2 unspecified atom stereocenters. The van der Waals surface area contributed by atoms with Gasteiger partial charge < -0.3 is 15.0 Å². The Morgan fingerprint density at radius 2 is 2.19 bits per heavy atom. The maximum atomic E-state index is 12.7. The average Bonchev–Trinajstić information content (AvgIpc) is 3.17. The average molecular weight is 416 g/mol. The number of benzene rings is 1. The second-order valence-corrected chi connectivity index (χ2v) is 8.07. The zero-order valence-electron chi connectivity index (χ0n) is 17.4. The zero-order valence-corrected chi connectivity index (χ0v) is 17.4. The van der Waals surface area contributed by atoms with Gasteiger partial charge in [0.15, 0.2) is 0 Å². The highest BCUT2D eigenvalue weighted by atomic mass is 16.5. The van der Waals surface area contributed by atoms with Crippen LogP contribution >= 0.6 is 0 Å². The third-order valence-corrected chi connectivity index (χ3v) is 6.09. The fourth-order valence-corrected chi connectivity index (χ4v) is 4.53. The molecule has 0 spiro atoms. The summed E-state index contributed by atoms with van der Waals surface area (Å²) in [4.78, 5) is 36.9. The minimum absolute atomic E-state index is 0.0494. The molecule has 0 saturated heterocycles. The molecule has 1 aromatic carbocycles. The fraction of sp³-hybridized carbons (Fsp3) is 0.333. The first-order chi connectivity index (χ1) is 15.1. The molecule has 5 rings (SSSR count). The van der Waals surface area contributed by atoms with Gasteiger partial charge in [0.1, 0.15) is 17.5 Å². The number of amidine groups is 1. The number of aryl methyl sites for hydroxylation is 1. The van der Waals surface area contributed by atoms with Crippen LogP contribution in [0, 0.1) is 5.92 Å². The summed E-state index contributed by atoms with van der Waals surface area (Å²) in [6.45, 7) is 0. The van der Waals surface area contributed by atoms with Crippen LogP contribution in [0.15, 0.2) is 52.5 Å². The fourth-order valence-electron chi connectivity index (χ4n) is 4.53. The summed E-state index contributed by atoms with van der Waals surface area (Å²) < 4.78 is 5.37. The number of rotatable bonds is 5. The van der Waals surface area contributed by atoms with Gasteiger partial charge in [-0.15, -0.1) is 0 Å². The molecule has 2 aromatic rings. The molecule has 2 heterocycles. The lowest BCUT2D eigenvalue weighted by Gasteiger charge is -2.24. The number of aromatic nitrogens is 1. The van der Waals surface area contributed by atoms with Crippen molar-refractivity contribution >= 4 is 34.3 Å². The Balaban J connectivity index is 1.27. The van der Waals surface area contributed by atoms with E-state index in [1.165, 1.54) is 5.56 Å². The molecule has 158 valence electrons. The van der Waals surface area contributed by atoms with Crippen LogP contribution in [0.3, 0.4) is 0 Å². The highest BCUT2D eigenvalue weighted by Gasteiger charge is 2.28. The van der Waals surface area contributed by atoms with Gasteiger partial charge in [0.05, 0.1) is 18.9 Å². The van der Waals surface area contributed by atoms with Crippen LogP contribution < -0.4 is 10.1 Å². The number of ether oxygens (including phenoxy) is 1. The van der Waals surface area contributed by atoms with Crippen LogP contribution in [0.2, 0.25) is 0 Å². The summed E-state index contributed by atoms with van der Waals surface area (Å²) in [5.74, 6) is 0.588. The molecule has 2 aliphatic carbocycles. The molecule has 2 N–H and O–H groups in total. The van der Waals surface area contributed by atoms with E-state index in [1.807, 2.05) is 30.4 Å². The van der Waals surface area contributed by atoms with Crippen molar-refractivity contribution in [3.8, 4) is 5.75 Å². The lowest BCUT2D eigenvalue weighted by molar-refractivity contribution is -0.122. The van der Waals surface area contributed by atoms with Crippen molar-refractivity contribution in [3.63, 3.8) is 0 Å². The Hall–Kier alpha value is -3.48. The van der Waals surface area contributed by atoms with Crippen molar-refractivity contribution in [1.82, 2.24) is 10.3 Å². The Kier molecular flexibility index (Phi) is 5.02. The molecule has 7 heteroatoms. The molecular weight excluding hydrogens is 392 g/mol. The summed E-state index contributed by atoms with van der Waals surface area (Å²) >= 11 is 0. The van der Waals surface area contributed by atoms with E-state index < -0.39 is 0 Å². The number of aromatic amines is 1. The first kappa shape index (κ1) is 19.5. The van der Waals surface area contributed by atoms with Gasteiger partial charge in [0, 0.05) is 29.4 Å². The van der Waals surface area contributed by atoms with Gasteiger partial charge in [0.2, 0.25) is 5.91 Å². The summed E-state index contributed by atoms with van der Waals surface area (Å²) in [6.07, 6.45) is 10.8. The Morgan fingerprint density at radius 3 is 3.06 bits per heavy atom. The molecule has 2 atom stereocenters. The standard InChI is InChI=1S/C24H24N4O3/c1-31-14-9-10-19-17(13-14)15-6-4-8-20(23(15)27-19)26-22(29)12-11-21-25-18-7-3-2-5-16(18)24(30)28-21/h2-3,5,7,9-10,13,16,20,27H,4,6,8,11-12H2,1H3,(H,26,29). The lowest BCUT2D eigenvalue weighted by atomic mass is 9.91. The molecule has 1 aromatic heterocycles. The molecule has 0 bridgehead atoms. The van der Waals surface area contributed by atoms with Gasteiger partial charge in [-0.1, -0.05) is 18.2 Å². The minimum atomic E-state index is -0.385. The van der Waals surface area contributed by atoms with Crippen molar-refractivity contribution < 1.29 is 14.3 Å². The van der Waals surface area contributed by atoms with Crippen LogP contribution in [0.4, 0.5) is 0 Å². The number of aliphatic imine (C=N–C) groups is 2. The van der Waals surface area contributed by atoms with E-state index in [2.05, 4.69) is 26.4 Å². The number of H-pyrrole nitrogens is 1. The summed E-state index contributed by atoms with van der Waals surface area (Å²) in [5, 5.41) is 4.31. The lowest BCUT2D eigenvalue weighted by Crippen LogP contribution is -2.32. The van der Waals surface area contributed by atoms with Crippen LogP contribution in [-0.2, 0) is 16.0 Å². The molecule has 0 fully saturated rings. The summed E-state index contributed by atoms with van der Waals surface area (Å²) in [5.41, 5.74) is 4.09. The Labute approximate surface area is 180 Å². The van der Waals surface area contributed by atoms with Crippen molar-refractivity contribution in [2.45, 2.75) is 38.1 Å². The van der Waals surface area contributed by atoms with E-state index in [1.54, 1.807) is 13.2 Å². The number of amides is 2. The third-order valence-electron chi connectivity index (χ3n) is 6.09. The second kappa shape index (κ2) is 7.98. The smallest absolute Gasteiger partial charge is 0.260 e. The quantitative estimate of drug-likeness (QED) is 0.780. The highest BCUT2D eigenvalue weighted by Crippen LogP contribution is 2.36. The SMILES string of the molecule is COc1ccc2[nH]c3c(c2c1)CCCC3NC(=O)CCC1=NC(=O)C2C=CC=CC2=N1. The predicted octanol–water partition coefficient (Wildman–Crippen LogP) is 3.57. The van der Waals surface area contributed by atoms with E-state index >= 15 is 0 Å². The molecular formula is C24H24N4O3. The van der Waals surface area contributed by atoms with Gasteiger partial charge in [-0.2, -0.15) is 4.99 Å². The molecule has 0 saturated carbocycles. The number of carbonyl (C=O) groups is 2. The van der Waals surface area contributed by atoms with Crippen LogP contribution in [-0.4, -0.2) is 35.5 Å². The van der Waals surface area contributed by atoms with Crippen LogP contribution in [0.1, 0.15) is 43.0 Å². The second-order valence-electron chi connectivity index (χ2n) is 8.07. The molecule has 3 aliphatic rings. The van der Waals surface area contributed by atoms with E-state index in [0.29, 0.717) is 18.0 Å². The summed E-state index contributed by atoms with van der Waals surface area (Å²) in [6, 6.07) is 5.96. The number of allylic oxidation sites excluding steroid dienone is 3. The minimum Gasteiger partial charge on any atom is -0.497 e. The predicted molar refractivity (Wildman–Crippen MR) is 120 cm³/mol. The van der Waals surface area contributed by atoms with Gasteiger partial charge in [0.25, 0.3) is 5.91 Å². The Morgan fingerprint density at radius 1 is 1.29 bits per heavy atom. The van der Waals surface area contributed by atoms with E-state index in [9.17, 15) is 9.59 Å². The summed E-state index contributed by atoms with van der Waals surface area (Å²) in [7, 11) is 1.67. The monoisotopic (exact) mass is 416 g/mol.